The van der Waals surface area contributed by atoms with Gasteiger partial charge in [-0.1, -0.05) is 20.8 Å². The topological polar surface area (TPSA) is 83.8 Å². The van der Waals surface area contributed by atoms with E-state index in [0.29, 0.717) is 6.54 Å². The molecular weight excluding hydrogens is 264 g/mol. The van der Waals surface area contributed by atoms with E-state index in [4.69, 9.17) is 5.73 Å². The van der Waals surface area contributed by atoms with E-state index in [9.17, 15) is 4.79 Å². The molecule has 5 nitrogen and oxygen atoms in total. The van der Waals surface area contributed by atoms with Crippen LogP contribution < -0.4 is 11.1 Å². The van der Waals surface area contributed by atoms with Crippen molar-refractivity contribution in [1.29, 1.82) is 0 Å². The molecule has 0 unspecified atom stereocenters. The summed E-state index contributed by atoms with van der Waals surface area (Å²) in [7, 11) is 0. The first kappa shape index (κ1) is 15.3. The van der Waals surface area contributed by atoms with Crippen molar-refractivity contribution in [3.8, 4) is 0 Å². The molecule has 2 rings (SSSR count). The van der Waals surface area contributed by atoms with Crippen LogP contribution in [-0.4, -0.2) is 28.5 Å². The van der Waals surface area contributed by atoms with Gasteiger partial charge in [-0.25, -0.2) is 4.98 Å². The quantitative estimate of drug-likeness (QED) is 0.752. The van der Waals surface area contributed by atoms with Gasteiger partial charge in [0.05, 0.1) is 0 Å². The Morgan fingerprint density at radius 2 is 2.29 bits per heavy atom. The van der Waals surface area contributed by atoms with Crippen LogP contribution >= 0.6 is 0 Å². The van der Waals surface area contributed by atoms with E-state index in [2.05, 4.69) is 36.1 Å². The predicted octanol–water partition coefficient (Wildman–Crippen LogP) is 2.07. The molecule has 0 aliphatic rings. The summed E-state index contributed by atoms with van der Waals surface area (Å²) in [6, 6.07) is 3.78. The van der Waals surface area contributed by atoms with Crippen molar-refractivity contribution in [3.63, 3.8) is 0 Å². The SMILES string of the molecule is CC(C)(C)[C@@H](CN)NC(=O)/C=C/c1c[nH]c2ncccc12. The average molecular weight is 286 g/mol. The second kappa shape index (κ2) is 6.10. The van der Waals surface area contributed by atoms with Gasteiger partial charge in [0.2, 0.25) is 5.91 Å². The number of pyridine rings is 1. The summed E-state index contributed by atoms with van der Waals surface area (Å²) in [5, 5.41) is 3.93. The number of rotatable bonds is 4. The van der Waals surface area contributed by atoms with Crippen molar-refractivity contribution in [2.75, 3.05) is 6.54 Å². The van der Waals surface area contributed by atoms with Crippen LogP contribution in [0, 0.1) is 5.41 Å². The zero-order valence-electron chi connectivity index (χ0n) is 12.7. The van der Waals surface area contributed by atoms with Crippen LogP contribution in [0.1, 0.15) is 26.3 Å². The Balaban J connectivity index is 2.09. The highest BCUT2D eigenvalue weighted by molar-refractivity contribution is 5.95. The Hall–Kier alpha value is -2.14. The summed E-state index contributed by atoms with van der Waals surface area (Å²) >= 11 is 0. The number of aromatic amines is 1. The van der Waals surface area contributed by atoms with Gasteiger partial charge in [0.1, 0.15) is 5.65 Å². The van der Waals surface area contributed by atoms with E-state index < -0.39 is 0 Å². The van der Waals surface area contributed by atoms with Crippen molar-refractivity contribution in [3.05, 3.63) is 36.2 Å². The minimum Gasteiger partial charge on any atom is -0.348 e. The average Bonchev–Trinajstić information content (AvgIpc) is 2.84. The van der Waals surface area contributed by atoms with Crippen LogP contribution in [0.25, 0.3) is 17.1 Å². The van der Waals surface area contributed by atoms with Crippen molar-refractivity contribution in [2.24, 2.45) is 11.1 Å². The van der Waals surface area contributed by atoms with Gasteiger partial charge in [-0.15, -0.1) is 0 Å². The molecule has 4 N–H and O–H groups in total. The van der Waals surface area contributed by atoms with Crippen molar-refractivity contribution in [1.82, 2.24) is 15.3 Å². The Labute approximate surface area is 124 Å². The van der Waals surface area contributed by atoms with Gasteiger partial charge in [0.25, 0.3) is 0 Å². The number of amides is 1. The van der Waals surface area contributed by atoms with E-state index in [1.807, 2.05) is 18.3 Å². The fourth-order valence-electron chi connectivity index (χ4n) is 2.13. The summed E-state index contributed by atoms with van der Waals surface area (Å²) in [6.07, 6.45) is 6.88. The number of fused-ring (bicyclic) bond motifs is 1. The van der Waals surface area contributed by atoms with Gasteiger partial charge in [-0.05, 0) is 23.6 Å². The van der Waals surface area contributed by atoms with Crippen LogP contribution in [0.2, 0.25) is 0 Å². The van der Waals surface area contributed by atoms with Gasteiger partial charge in [-0.3, -0.25) is 4.79 Å². The second-order valence-corrected chi connectivity index (χ2v) is 6.14. The van der Waals surface area contributed by atoms with Crippen molar-refractivity contribution < 1.29 is 4.79 Å². The lowest BCUT2D eigenvalue weighted by Gasteiger charge is -2.29. The second-order valence-electron chi connectivity index (χ2n) is 6.14. The molecular formula is C16H22N4O. The highest BCUT2D eigenvalue weighted by atomic mass is 16.1. The number of nitrogens with two attached hydrogens (primary N) is 1. The maximum Gasteiger partial charge on any atom is 0.244 e. The number of hydrogen-bond donors (Lipinski definition) is 3. The molecule has 1 amide bonds. The summed E-state index contributed by atoms with van der Waals surface area (Å²) in [5.41, 5.74) is 7.40. The molecule has 0 spiro atoms. The molecule has 0 bridgehead atoms. The standard InChI is InChI=1S/C16H22N4O/c1-16(2,3)13(9-17)20-14(21)7-6-11-10-19-15-12(11)5-4-8-18-15/h4-8,10,13H,9,17H2,1-3H3,(H,18,19)(H,20,21)/b7-6+/t13-/m1/s1. The van der Waals surface area contributed by atoms with Crippen LogP contribution in [-0.2, 0) is 4.79 Å². The number of aromatic nitrogens is 2. The normalized spacial score (nSPS) is 13.7. The fourth-order valence-corrected chi connectivity index (χ4v) is 2.13. The zero-order valence-corrected chi connectivity index (χ0v) is 12.7. The van der Waals surface area contributed by atoms with Gasteiger partial charge >= 0.3 is 0 Å². The first-order chi connectivity index (χ1) is 9.91. The monoisotopic (exact) mass is 286 g/mol. The third-order valence-electron chi connectivity index (χ3n) is 3.49. The van der Waals surface area contributed by atoms with Gasteiger partial charge < -0.3 is 16.0 Å². The number of nitrogens with one attached hydrogen (secondary N) is 2. The Morgan fingerprint density at radius 3 is 2.95 bits per heavy atom. The van der Waals surface area contributed by atoms with Gasteiger partial charge in [0.15, 0.2) is 0 Å². The number of carbonyl (C=O) groups is 1. The molecule has 0 aliphatic heterocycles. The molecule has 112 valence electrons. The molecule has 2 aromatic rings. The predicted molar refractivity (Wildman–Crippen MR) is 85.6 cm³/mol. The van der Waals surface area contributed by atoms with Crippen LogP contribution in [0.15, 0.2) is 30.6 Å². The minimum absolute atomic E-state index is 0.0562. The molecule has 21 heavy (non-hydrogen) atoms. The lowest BCUT2D eigenvalue weighted by Crippen LogP contribution is -2.47. The zero-order chi connectivity index (χ0) is 15.5. The van der Waals surface area contributed by atoms with Crippen LogP contribution in [0.3, 0.4) is 0 Å². The van der Waals surface area contributed by atoms with Gasteiger partial charge in [-0.2, -0.15) is 0 Å². The molecule has 0 aliphatic carbocycles. The van der Waals surface area contributed by atoms with E-state index in [1.54, 1.807) is 12.3 Å². The lowest BCUT2D eigenvalue weighted by molar-refractivity contribution is -0.117. The number of hydrogen-bond acceptors (Lipinski definition) is 3. The molecule has 0 radical (unpaired) electrons. The lowest BCUT2D eigenvalue weighted by atomic mass is 9.87. The van der Waals surface area contributed by atoms with E-state index in [-0.39, 0.29) is 17.4 Å². The Kier molecular flexibility index (Phi) is 4.43. The molecule has 2 aromatic heterocycles. The molecule has 1 atom stereocenters. The fraction of sp³-hybridized carbons (Fsp3) is 0.375. The summed E-state index contributed by atoms with van der Waals surface area (Å²) in [5.74, 6) is -0.140. The summed E-state index contributed by atoms with van der Waals surface area (Å²) in [4.78, 5) is 19.3. The molecule has 0 saturated carbocycles. The smallest absolute Gasteiger partial charge is 0.244 e. The highest BCUT2D eigenvalue weighted by Gasteiger charge is 2.23. The number of nitrogens with zero attached hydrogens (tertiary/aromatic N) is 1. The third kappa shape index (κ3) is 3.70. The molecule has 2 heterocycles. The van der Waals surface area contributed by atoms with Gasteiger partial charge in [0, 0.05) is 42.0 Å². The summed E-state index contributed by atoms with van der Waals surface area (Å²) < 4.78 is 0. The van der Waals surface area contributed by atoms with Crippen LogP contribution in [0.5, 0.6) is 0 Å². The Morgan fingerprint density at radius 1 is 1.52 bits per heavy atom. The molecule has 5 heteroatoms. The largest absolute Gasteiger partial charge is 0.348 e. The molecule has 0 saturated heterocycles. The van der Waals surface area contributed by atoms with E-state index in [1.165, 1.54) is 6.08 Å². The van der Waals surface area contributed by atoms with E-state index in [0.717, 1.165) is 16.6 Å². The molecule has 0 fully saturated rings. The number of carbonyl (C=O) groups excluding carboxylic acids is 1. The third-order valence-corrected chi connectivity index (χ3v) is 3.49. The molecule has 0 aromatic carbocycles. The minimum atomic E-state index is -0.140. The maximum absolute atomic E-state index is 12.0. The maximum atomic E-state index is 12.0. The first-order valence-corrected chi connectivity index (χ1v) is 7.02. The van der Waals surface area contributed by atoms with E-state index >= 15 is 0 Å². The first-order valence-electron chi connectivity index (χ1n) is 7.02. The number of H-pyrrole nitrogens is 1. The van der Waals surface area contributed by atoms with Crippen molar-refractivity contribution >= 4 is 23.0 Å². The summed E-state index contributed by atoms with van der Waals surface area (Å²) in [6.45, 7) is 6.58. The Bertz CT molecular complexity index is 652. The van der Waals surface area contributed by atoms with Crippen LogP contribution in [0.4, 0.5) is 0 Å². The van der Waals surface area contributed by atoms with Crippen molar-refractivity contribution in [2.45, 2.75) is 26.8 Å². The highest BCUT2D eigenvalue weighted by Crippen LogP contribution is 2.19.